The molecule has 2 nitrogen and oxygen atoms in total. The Morgan fingerprint density at radius 3 is 0.863 bits per heavy atom. The third kappa shape index (κ3) is 28.4. The molecule has 0 saturated carbocycles. The van der Waals surface area contributed by atoms with E-state index in [1.165, 1.54) is 203 Å². The lowest BCUT2D eigenvalue weighted by molar-refractivity contribution is 0.304. The maximum atomic E-state index is 6.15. The normalized spacial score (nSPS) is 11.3. The molecule has 2 aromatic rings. The molecule has 0 amide bonds. The van der Waals surface area contributed by atoms with E-state index >= 15 is 0 Å². The molecule has 2 rings (SSSR count). The second kappa shape index (κ2) is 35.3. The molecule has 0 aliphatic rings. The molecule has 0 aliphatic heterocycles. The van der Waals surface area contributed by atoms with Gasteiger partial charge < -0.3 is 9.47 Å². The van der Waals surface area contributed by atoms with Crippen molar-refractivity contribution in [3.8, 4) is 11.5 Å². The van der Waals surface area contributed by atoms with E-state index in [-0.39, 0.29) is 0 Å². The topological polar surface area (TPSA) is 18.5 Å². The van der Waals surface area contributed by atoms with Crippen LogP contribution in [-0.4, -0.2) is 22.7 Å². The van der Waals surface area contributed by atoms with E-state index in [0.29, 0.717) is 9.52 Å². The summed E-state index contributed by atoms with van der Waals surface area (Å²) >= 11 is 0. The fourth-order valence-corrected chi connectivity index (χ4v) is 8.30. The van der Waals surface area contributed by atoms with Gasteiger partial charge in [0.15, 0.2) is 0 Å². The Balaban J connectivity index is 1.42. The highest BCUT2D eigenvalue weighted by molar-refractivity contribution is 6.67. The highest BCUT2D eigenvalue weighted by Crippen LogP contribution is 2.16. The van der Waals surface area contributed by atoms with Crippen LogP contribution in [0, 0.1) is 0 Å². The maximum absolute atomic E-state index is 6.15. The number of ether oxygens (including phenoxy) is 2. The van der Waals surface area contributed by atoms with Gasteiger partial charge in [-0.2, -0.15) is 0 Å². The molecule has 0 saturated heterocycles. The first-order chi connectivity index (χ1) is 25.3. The van der Waals surface area contributed by atoms with Gasteiger partial charge in [-0.25, -0.2) is 0 Å². The van der Waals surface area contributed by atoms with Gasteiger partial charge in [-0.15, -0.1) is 0 Å². The van der Waals surface area contributed by atoms with E-state index < -0.39 is 0 Å². The Bertz CT molecular complexity index is 927. The Hall–Kier alpha value is -1.74. The molecular weight excluding hydrogens is 637 g/mol. The lowest BCUT2D eigenvalue weighted by Crippen LogP contribution is -2.27. The fraction of sp³-hybridized carbons (Fsp3) is 0.750. The summed E-state index contributed by atoms with van der Waals surface area (Å²) in [7, 11) is 0.617. The summed E-state index contributed by atoms with van der Waals surface area (Å²) < 4.78 is 12.3. The van der Waals surface area contributed by atoms with Gasteiger partial charge in [0.05, 0.1) is 13.2 Å². The van der Waals surface area contributed by atoms with Crippen molar-refractivity contribution in [3.05, 3.63) is 48.5 Å². The molecule has 0 heterocycles. The minimum atomic E-state index is 0.617. The SMILES string of the molecule is CCCCCCCCCCCCCCCCCCOc1cccc([Si]c2cccc(OCCCCCCCCCCCCCCCCCC)c2)c1. The minimum Gasteiger partial charge on any atom is -0.494 e. The standard InChI is InChI=1S/C48H82O2Si/c1-3-5-7-9-11-13-15-17-19-21-23-25-27-29-31-33-41-49-45-37-35-39-47(43-45)51-48-40-36-38-46(44-48)50-42-34-32-30-28-26-24-22-20-18-16-14-12-10-8-6-4-2/h35-40,43-44H,3-34,41-42H2,1-2H3. The van der Waals surface area contributed by atoms with Crippen molar-refractivity contribution < 1.29 is 9.47 Å². The number of rotatable bonds is 38. The Morgan fingerprint density at radius 2 is 0.588 bits per heavy atom. The molecular formula is C48H82O2Si. The predicted octanol–water partition coefficient (Wildman–Crippen LogP) is 14.6. The van der Waals surface area contributed by atoms with E-state index in [1.54, 1.807) is 0 Å². The van der Waals surface area contributed by atoms with Crippen molar-refractivity contribution >= 4 is 19.9 Å². The Kier molecular flexibility index (Phi) is 31.4. The van der Waals surface area contributed by atoms with Crippen molar-refractivity contribution in [1.29, 1.82) is 0 Å². The van der Waals surface area contributed by atoms with Gasteiger partial charge in [0.25, 0.3) is 0 Å². The molecule has 0 spiro atoms. The third-order valence-electron chi connectivity index (χ3n) is 10.5. The van der Waals surface area contributed by atoms with Gasteiger partial charge in [0.1, 0.15) is 21.0 Å². The predicted molar refractivity (Wildman–Crippen MR) is 228 cm³/mol. The van der Waals surface area contributed by atoms with E-state index in [1.807, 2.05) is 0 Å². The summed E-state index contributed by atoms with van der Waals surface area (Å²) in [5.41, 5.74) is 0. The molecule has 0 aromatic heterocycles. The van der Waals surface area contributed by atoms with Gasteiger partial charge in [-0.3, -0.25) is 0 Å². The molecule has 0 fully saturated rings. The molecule has 0 unspecified atom stereocenters. The first kappa shape index (κ1) is 45.4. The first-order valence-electron chi connectivity index (χ1n) is 22.5. The molecule has 290 valence electrons. The average Bonchev–Trinajstić information content (AvgIpc) is 3.14. The van der Waals surface area contributed by atoms with Crippen LogP contribution in [0.25, 0.3) is 0 Å². The molecule has 2 radical (unpaired) electrons. The van der Waals surface area contributed by atoms with Crippen LogP contribution < -0.4 is 19.8 Å². The van der Waals surface area contributed by atoms with Crippen LogP contribution in [-0.2, 0) is 0 Å². The van der Waals surface area contributed by atoms with Crippen LogP contribution in [0.3, 0.4) is 0 Å². The lowest BCUT2D eigenvalue weighted by atomic mass is 10.0. The maximum Gasteiger partial charge on any atom is 0.121 e. The van der Waals surface area contributed by atoms with Crippen molar-refractivity contribution in [1.82, 2.24) is 0 Å². The molecule has 0 aliphatic carbocycles. The molecule has 51 heavy (non-hydrogen) atoms. The Labute approximate surface area is 320 Å². The Morgan fingerprint density at radius 1 is 0.333 bits per heavy atom. The van der Waals surface area contributed by atoms with Crippen molar-refractivity contribution in [3.63, 3.8) is 0 Å². The summed E-state index contributed by atoms with van der Waals surface area (Å²) in [5.74, 6) is 2.02. The molecule has 2 aromatic carbocycles. The van der Waals surface area contributed by atoms with Crippen molar-refractivity contribution in [2.75, 3.05) is 13.2 Å². The van der Waals surface area contributed by atoms with Gasteiger partial charge in [-0.1, -0.05) is 241 Å². The number of hydrogen-bond donors (Lipinski definition) is 0. The zero-order chi connectivity index (χ0) is 36.1. The monoisotopic (exact) mass is 719 g/mol. The van der Waals surface area contributed by atoms with Crippen LogP contribution in [0.2, 0.25) is 0 Å². The van der Waals surface area contributed by atoms with E-state index in [9.17, 15) is 0 Å². The molecule has 0 bridgehead atoms. The summed E-state index contributed by atoms with van der Waals surface area (Å²) in [6.07, 6.45) is 44.8. The number of benzene rings is 2. The van der Waals surface area contributed by atoms with Crippen molar-refractivity contribution in [2.45, 2.75) is 219 Å². The first-order valence-corrected chi connectivity index (χ1v) is 23.5. The van der Waals surface area contributed by atoms with E-state index in [4.69, 9.17) is 9.47 Å². The highest BCUT2D eigenvalue weighted by Gasteiger charge is 2.04. The van der Waals surface area contributed by atoms with Gasteiger partial charge in [0, 0.05) is 0 Å². The quantitative estimate of drug-likeness (QED) is 0.0508. The molecule has 0 atom stereocenters. The molecule has 3 heteroatoms. The van der Waals surface area contributed by atoms with Gasteiger partial charge >= 0.3 is 0 Å². The fourth-order valence-electron chi connectivity index (χ4n) is 7.17. The second-order valence-corrected chi connectivity index (χ2v) is 16.9. The average molecular weight is 719 g/mol. The summed E-state index contributed by atoms with van der Waals surface area (Å²) in [4.78, 5) is 0. The zero-order valence-corrected chi connectivity index (χ0v) is 35.0. The number of hydrogen-bond acceptors (Lipinski definition) is 2. The smallest absolute Gasteiger partial charge is 0.121 e. The third-order valence-corrected chi connectivity index (χ3v) is 11.7. The van der Waals surface area contributed by atoms with E-state index in [2.05, 4.69) is 62.4 Å². The van der Waals surface area contributed by atoms with Crippen LogP contribution in [0.15, 0.2) is 48.5 Å². The van der Waals surface area contributed by atoms with E-state index in [0.717, 1.165) is 37.6 Å². The summed E-state index contributed by atoms with van der Waals surface area (Å²) in [5, 5.41) is 2.66. The second-order valence-electron chi connectivity index (χ2n) is 15.5. The van der Waals surface area contributed by atoms with Gasteiger partial charge in [-0.05, 0) is 37.1 Å². The zero-order valence-electron chi connectivity index (χ0n) is 34.0. The van der Waals surface area contributed by atoms with Crippen LogP contribution in [0.4, 0.5) is 0 Å². The van der Waals surface area contributed by atoms with Crippen LogP contribution in [0.1, 0.15) is 219 Å². The van der Waals surface area contributed by atoms with Crippen LogP contribution >= 0.6 is 0 Å². The van der Waals surface area contributed by atoms with Crippen molar-refractivity contribution in [2.24, 2.45) is 0 Å². The molecule has 0 N–H and O–H groups in total. The largest absolute Gasteiger partial charge is 0.494 e. The van der Waals surface area contributed by atoms with Crippen LogP contribution in [0.5, 0.6) is 11.5 Å². The number of unbranched alkanes of at least 4 members (excludes halogenated alkanes) is 30. The highest BCUT2D eigenvalue weighted by atomic mass is 28.2. The van der Waals surface area contributed by atoms with Gasteiger partial charge in [0.2, 0.25) is 0 Å². The minimum absolute atomic E-state index is 0.617. The summed E-state index contributed by atoms with van der Waals surface area (Å²) in [6.45, 7) is 6.25. The lowest BCUT2D eigenvalue weighted by Gasteiger charge is -2.10. The summed E-state index contributed by atoms with van der Waals surface area (Å²) in [6, 6.07) is 17.4.